The van der Waals surface area contributed by atoms with E-state index in [1.807, 2.05) is 0 Å². The Hall–Kier alpha value is -1.86. The van der Waals surface area contributed by atoms with Crippen molar-refractivity contribution in [3.8, 4) is 0 Å². The van der Waals surface area contributed by atoms with Gasteiger partial charge in [-0.15, -0.1) is 0 Å². The fourth-order valence-corrected chi connectivity index (χ4v) is 3.97. The van der Waals surface area contributed by atoms with Crippen molar-refractivity contribution in [1.82, 2.24) is 4.31 Å². The first-order valence-corrected chi connectivity index (χ1v) is 8.46. The van der Waals surface area contributed by atoms with Gasteiger partial charge in [-0.25, -0.2) is 21.6 Å². The van der Waals surface area contributed by atoms with Gasteiger partial charge in [0.15, 0.2) is 11.6 Å². The van der Waals surface area contributed by atoms with E-state index in [1.54, 1.807) is 19.1 Å². The zero-order chi connectivity index (χ0) is 16.8. The lowest BCUT2D eigenvalue weighted by molar-refractivity contribution is 0.491. The maximum absolute atomic E-state index is 13.8. The molecule has 3 rings (SSSR count). The predicted molar refractivity (Wildman–Crippen MR) is 79.1 cm³/mol. The Morgan fingerprint density at radius 3 is 2.26 bits per heavy atom. The highest BCUT2D eigenvalue weighted by Crippen LogP contribution is 2.28. The molecule has 0 radical (unpaired) electrons. The van der Waals surface area contributed by atoms with Gasteiger partial charge in [0.05, 0.1) is 4.90 Å². The fraction of sp³-hybridized carbons (Fsp3) is 0.250. The lowest BCUT2D eigenvalue weighted by Crippen LogP contribution is -2.14. The molecule has 0 atom stereocenters. The van der Waals surface area contributed by atoms with Crippen molar-refractivity contribution in [3.63, 3.8) is 0 Å². The second-order valence-electron chi connectivity index (χ2n) is 5.55. The first-order valence-electron chi connectivity index (χ1n) is 7.02. The van der Waals surface area contributed by atoms with Crippen LogP contribution in [0, 0.1) is 24.4 Å². The third-order valence-corrected chi connectivity index (χ3v) is 5.71. The van der Waals surface area contributed by atoms with Gasteiger partial charge in [-0.2, -0.15) is 4.31 Å². The average molecular weight is 341 g/mol. The minimum Gasteiger partial charge on any atom is -0.207 e. The smallest absolute Gasteiger partial charge is 0.207 e. The zero-order valence-electron chi connectivity index (χ0n) is 12.3. The average Bonchev–Trinajstić information content (AvgIpc) is 3.29. The molecule has 0 saturated carbocycles. The van der Waals surface area contributed by atoms with Crippen LogP contribution in [0.2, 0.25) is 0 Å². The van der Waals surface area contributed by atoms with Crippen molar-refractivity contribution < 1.29 is 21.6 Å². The quantitative estimate of drug-likeness (QED) is 0.633. The molecular formula is C16H14F3NO2S. The molecule has 0 unspecified atom stereocenters. The summed E-state index contributed by atoms with van der Waals surface area (Å²) < 4.78 is 66.4. The van der Waals surface area contributed by atoms with Gasteiger partial charge in [-0.3, -0.25) is 0 Å². The number of sulfonamides is 1. The largest absolute Gasteiger partial charge is 0.243 e. The lowest BCUT2D eigenvalue weighted by Gasteiger charge is -2.12. The number of hydrogen-bond donors (Lipinski definition) is 0. The molecule has 1 aliphatic heterocycles. The minimum atomic E-state index is -3.62. The Bertz CT molecular complexity index is 877. The second-order valence-corrected chi connectivity index (χ2v) is 7.46. The second kappa shape index (κ2) is 5.65. The number of benzene rings is 2. The fourth-order valence-electron chi connectivity index (χ4n) is 2.42. The summed E-state index contributed by atoms with van der Waals surface area (Å²) in [6, 6.07) is 5.98. The first-order chi connectivity index (χ1) is 10.8. The van der Waals surface area contributed by atoms with E-state index in [0.717, 1.165) is 11.6 Å². The van der Waals surface area contributed by atoms with Crippen molar-refractivity contribution in [2.75, 3.05) is 13.1 Å². The molecule has 1 fully saturated rings. The van der Waals surface area contributed by atoms with Crippen LogP contribution in [0.5, 0.6) is 0 Å². The van der Waals surface area contributed by atoms with Gasteiger partial charge in [0, 0.05) is 25.6 Å². The van der Waals surface area contributed by atoms with E-state index in [1.165, 1.54) is 10.4 Å². The Balaban J connectivity index is 2.06. The van der Waals surface area contributed by atoms with Crippen LogP contribution in [0.25, 0.3) is 0 Å². The monoisotopic (exact) mass is 341 g/mol. The summed E-state index contributed by atoms with van der Waals surface area (Å²) in [4.78, 5) is 0.0738. The summed E-state index contributed by atoms with van der Waals surface area (Å²) >= 11 is 0. The van der Waals surface area contributed by atoms with Gasteiger partial charge >= 0.3 is 0 Å². The summed E-state index contributed by atoms with van der Waals surface area (Å²) in [6.45, 7) is 2.68. The molecule has 1 saturated heterocycles. The number of nitrogens with zero attached hydrogens (tertiary/aromatic N) is 1. The summed E-state index contributed by atoms with van der Waals surface area (Å²) in [6.07, 6.45) is -0.132. The maximum atomic E-state index is 13.8. The first kappa shape index (κ1) is 16.0. The Morgan fingerprint density at radius 2 is 1.61 bits per heavy atom. The van der Waals surface area contributed by atoms with E-state index in [-0.39, 0.29) is 16.9 Å². The third kappa shape index (κ3) is 3.11. The van der Waals surface area contributed by atoms with Crippen LogP contribution in [0.1, 0.15) is 16.7 Å². The minimum absolute atomic E-state index is 0.0738. The van der Waals surface area contributed by atoms with E-state index >= 15 is 0 Å². The molecular weight excluding hydrogens is 327 g/mol. The molecule has 3 nitrogen and oxygen atoms in total. The molecule has 0 aliphatic carbocycles. The van der Waals surface area contributed by atoms with Crippen LogP contribution in [0.15, 0.2) is 35.2 Å². The van der Waals surface area contributed by atoms with Crippen molar-refractivity contribution in [3.05, 3.63) is 64.5 Å². The van der Waals surface area contributed by atoms with Crippen LogP contribution in [-0.4, -0.2) is 25.8 Å². The highest BCUT2D eigenvalue weighted by atomic mass is 32.2. The number of aryl methyl sites for hydroxylation is 1. The van der Waals surface area contributed by atoms with Crippen LogP contribution in [-0.2, 0) is 16.4 Å². The molecule has 7 heteroatoms. The predicted octanol–water partition coefficient (Wildman–Crippen LogP) is 3.01. The molecule has 0 aromatic heterocycles. The molecule has 1 aliphatic rings. The number of rotatable bonds is 4. The molecule has 1 heterocycles. The molecule has 122 valence electrons. The van der Waals surface area contributed by atoms with Crippen LogP contribution >= 0.6 is 0 Å². The molecule has 23 heavy (non-hydrogen) atoms. The molecule has 0 N–H and O–H groups in total. The van der Waals surface area contributed by atoms with Crippen molar-refractivity contribution in [2.45, 2.75) is 18.2 Å². The SMILES string of the molecule is Cc1ccc(S(=O)(=O)N2CC2)c(Cc2cc(F)c(F)cc2F)c1. The molecule has 2 aromatic carbocycles. The number of halogens is 3. The van der Waals surface area contributed by atoms with E-state index in [2.05, 4.69) is 0 Å². The van der Waals surface area contributed by atoms with Gasteiger partial charge in [0.2, 0.25) is 10.0 Å². The standard InChI is InChI=1S/C16H14F3NO2S/c1-10-2-3-16(23(21,22)20-4-5-20)12(6-10)7-11-8-14(18)15(19)9-13(11)17/h2-3,6,8-9H,4-5,7H2,1H3. The Kier molecular flexibility index (Phi) is 3.93. The van der Waals surface area contributed by atoms with Crippen molar-refractivity contribution in [2.24, 2.45) is 0 Å². The summed E-state index contributed by atoms with van der Waals surface area (Å²) in [5, 5.41) is 0. The Labute approximate surface area is 132 Å². The van der Waals surface area contributed by atoms with E-state index in [9.17, 15) is 21.6 Å². The van der Waals surface area contributed by atoms with Gasteiger partial charge in [0.1, 0.15) is 5.82 Å². The van der Waals surface area contributed by atoms with Gasteiger partial charge in [-0.1, -0.05) is 17.7 Å². The highest BCUT2D eigenvalue weighted by Gasteiger charge is 2.34. The summed E-state index contributed by atoms with van der Waals surface area (Å²) in [5.41, 5.74) is 1.08. The zero-order valence-corrected chi connectivity index (χ0v) is 13.1. The third-order valence-electron chi connectivity index (χ3n) is 3.71. The molecule has 0 spiro atoms. The van der Waals surface area contributed by atoms with E-state index in [0.29, 0.717) is 24.7 Å². The van der Waals surface area contributed by atoms with Gasteiger partial charge in [0.25, 0.3) is 0 Å². The van der Waals surface area contributed by atoms with Gasteiger partial charge in [-0.05, 0) is 30.2 Å². The van der Waals surface area contributed by atoms with Crippen molar-refractivity contribution in [1.29, 1.82) is 0 Å². The van der Waals surface area contributed by atoms with Crippen LogP contribution in [0.4, 0.5) is 13.2 Å². The molecule has 0 bridgehead atoms. The van der Waals surface area contributed by atoms with E-state index < -0.39 is 27.5 Å². The maximum Gasteiger partial charge on any atom is 0.243 e. The van der Waals surface area contributed by atoms with E-state index in [4.69, 9.17) is 0 Å². The molecule has 2 aromatic rings. The number of hydrogen-bond acceptors (Lipinski definition) is 2. The topological polar surface area (TPSA) is 37.1 Å². The van der Waals surface area contributed by atoms with Crippen molar-refractivity contribution >= 4 is 10.0 Å². The molecule has 0 amide bonds. The highest BCUT2D eigenvalue weighted by molar-refractivity contribution is 7.89. The summed E-state index contributed by atoms with van der Waals surface area (Å²) in [7, 11) is -3.62. The van der Waals surface area contributed by atoms with Crippen LogP contribution < -0.4 is 0 Å². The normalized spacial score (nSPS) is 15.0. The Morgan fingerprint density at radius 1 is 0.957 bits per heavy atom. The lowest BCUT2D eigenvalue weighted by atomic mass is 10.0. The van der Waals surface area contributed by atoms with Crippen LogP contribution in [0.3, 0.4) is 0 Å². The van der Waals surface area contributed by atoms with Gasteiger partial charge < -0.3 is 0 Å². The summed E-state index contributed by atoms with van der Waals surface area (Å²) in [5.74, 6) is -3.34.